The summed E-state index contributed by atoms with van der Waals surface area (Å²) >= 11 is 0. The van der Waals surface area contributed by atoms with E-state index < -0.39 is 0 Å². The summed E-state index contributed by atoms with van der Waals surface area (Å²) in [6, 6.07) is 0. The molecule has 72 valence electrons. The summed E-state index contributed by atoms with van der Waals surface area (Å²) in [5.41, 5.74) is -0.664. The van der Waals surface area contributed by atoms with E-state index in [2.05, 4.69) is 6.92 Å². The van der Waals surface area contributed by atoms with E-state index in [1.54, 1.807) is 0 Å². The second-order valence-electron chi connectivity index (χ2n) is 5.24. The van der Waals surface area contributed by atoms with Gasteiger partial charge in [0.1, 0.15) is 0 Å². The van der Waals surface area contributed by atoms with Crippen molar-refractivity contribution in [2.45, 2.75) is 40.0 Å². The third kappa shape index (κ3) is 0.890. The van der Waals surface area contributed by atoms with Crippen LogP contribution in [0.2, 0.25) is 0 Å². The van der Waals surface area contributed by atoms with E-state index in [9.17, 15) is 9.59 Å². The number of Topliss-reactive ketones (excluding diaryl/α,β-unsaturated/α-hetero) is 2. The quantitative estimate of drug-likeness (QED) is 0.534. The minimum Gasteiger partial charge on any atom is -0.290 e. The maximum Gasteiger partial charge on any atom is 0.205 e. The Labute approximate surface area is 78.7 Å². The van der Waals surface area contributed by atoms with E-state index in [1.165, 1.54) is 0 Å². The maximum atomic E-state index is 11.8. The molecule has 3 saturated carbocycles. The van der Waals surface area contributed by atoms with Gasteiger partial charge in [-0.15, -0.1) is 0 Å². The highest BCUT2D eigenvalue weighted by Crippen LogP contribution is 2.55. The van der Waals surface area contributed by atoms with Crippen molar-refractivity contribution < 1.29 is 9.59 Å². The molecule has 0 aromatic rings. The SMILES string of the molecule is CC1CC2(C)CCC1(C)C(=O)C2=O. The number of hydrogen-bond acceptors (Lipinski definition) is 2. The zero-order valence-corrected chi connectivity index (χ0v) is 8.52. The molecule has 0 radical (unpaired) electrons. The Morgan fingerprint density at radius 2 is 1.77 bits per heavy atom. The highest BCUT2D eigenvalue weighted by atomic mass is 16.2. The van der Waals surface area contributed by atoms with Gasteiger partial charge >= 0.3 is 0 Å². The van der Waals surface area contributed by atoms with E-state index in [0.29, 0.717) is 5.92 Å². The molecule has 3 aliphatic rings. The molecule has 0 aromatic carbocycles. The van der Waals surface area contributed by atoms with Crippen molar-refractivity contribution in [3.63, 3.8) is 0 Å². The van der Waals surface area contributed by atoms with Gasteiger partial charge in [-0.3, -0.25) is 9.59 Å². The molecule has 3 unspecified atom stereocenters. The van der Waals surface area contributed by atoms with Crippen molar-refractivity contribution in [1.29, 1.82) is 0 Å². The topological polar surface area (TPSA) is 34.1 Å². The first-order valence-electron chi connectivity index (χ1n) is 4.99. The monoisotopic (exact) mass is 180 g/mol. The summed E-state index contributed by atoms with van der Waals surface area (Å²) in [4.78, 5) is 23.5. The molecule has 3 aliphatic carbocycles. The van der Waals surface area contributed by atoms with Crippen molar-refractivity contribution in [1.82, 2.24) is 0 Å². The molecule has 0 amide bonds. The highest BCUT2D eigenvalue weighted by molar-refractivity contribution is 6.42. The van der Waals surface area contributed by atoms with Crippen molar-refractivity contribution in [2.75, 3.05) is 0 Å². The first-order valence-corrected chi connectivity index (χ1v) is 4.99. The molecule has 0 spiro atoms. The zero-order chi connectivity index (χ0) is 9.85. The molecule has 0 aliphatic heterocycles. The molecule has 13 heavy (non-hydrogen) atoms. The second kappa shape index (κ2) is 2.23. The lowest BCUT2D eigenvalue weighted by molar-refractivity contribution is -0.163. The molecule has 0 heterocycles. The molecule has 0 aromatic heterocycles. The normalized spacial score (nSPS) is 49.9. The lowest BCUT2D eigenvalue weighted by Gasteiger charge is -2.51. The van der Waals surface area contributed by atoms with E-state index >= 15 is 0 Å². The van der Waals surface area contributed by atoms with Gasteiger partial charge in [-0.1, -0.05) is 20.8 Å². The second-order valence-corrected chi connectivity index (χ2v) is 5.24. The van der Waals surface area contributed by atoms with Crippen LogP contribution in [0.3, 0.4) is 0 Å². The fourth-order valence-electron chi connectivity index (χ4n) is 2.86. The van der Waals surface area contributed by atoms with Crippen LogP contribution in [-0.2, 0) is 9.59 Å². The van der Waals surface area contributed by atoms with Gasteiger partial charge in [0.2, 0.25) is 11.6 Å². The summed E-state index contributed by atoms with van der Waals surface area (Å²) in [5, 5.41) is 0. The number of ketones is 2. The van der Waals surface area contributed by atoms with Gasteiger partial charge in [0, 0.05) is 10.8 Å². The van der Waals surface area contributed by atoms with Crippen LogP contribution in [0, 0.1) is 16.7 Å². The molecule has 0 saturated heterocycles. The third-order valence-corrected chi connectivity index (χ3v) is 4.31. The Morgan fingerprint density at radius 1 is 1.15 bits per heavy atom. The highest BCUT2D eigenvalue weighted by Gasteiger charge is 2.59. The van der Waals surface area contributed by atoms with Crippen LogP contribution in [-0.4, -0.2) is 11.6 Å². The van der Waals surface area contributed by atoms with Crippen LogP contribution < -0.4 is 0 Å². The lowest BCUT2D eigenvalue weighted by atomic mass is 9.50. The molecular formula is C11H16O2. The van der Waals surface area contributed by atoms with E-state index in [1.807, 2.05) is 13.8 Å². The Hall–Kier alpha value is -0.660. The predicted molar refractivity (Wildman–Crippen MR) is 49.2 cm³/mol. The Bertz CT molecular complexity index is 294. The minimum absolute atomic E-state index is 0.111. The average Bonchev–Trinajstić information content (AvgIpc) is 2.07. The fraction of sp³-hybridized carbons (Fsp3) is 0.818. The Balaban J connectivity index is 2.48. The van der Waals surface area contributed by atoms with Crippen LogP contribution in [0.25, 0.3) is 0 Å². The van der Waals surface area contributed by atoms with Crippen LogP contribution in [0.4, 0.5) is 0 Å². The summed E-state index contributed by atoms with van der Waals surface area (Å²) in [6.45, 7) is 6.00. The fourth-order valence-corrected chi connectivity index (χ4v) is 2.86. The molecule has 2 heteroatoms. The van der Waals surface area contributed by atoms with Gasteiger partial charge in [0.15, 0.2) is 0 Å². The van der Waals surface area contributed by atoms with Crippen molar-refractivity contribution in [3.05, 3.63) is 0 Å². The van der Waals surface area contributed by atoms with Crippen molar-refractivity contribution in [3.8, 4) is 0 Å². The summed E-state index contributed by atoms with van der Waals surface area (Å²) < 4.78 is 0. The van der Waals surface area contributed by atoms with Crippen molar-refractivity contribution >= 4 is 11.6 Å². The van der Waals surface area contributed by atoms with Gasteiger partial charge in [-0.2, -0.15) is 0 Å². The summed E-state index contributed by atoms with van der Waals surface area (Å²) in [5.74, 6) is 0.149. The van der Waals surface area contributed by atoms with E-state index in [0.717, 1.165) is 19.3 Å². The van der Waals surface area contributed by atoms with Crippen LogP contribution in [0.15, 0.2) is 0 Å². The van der Waals surface area contributed by atoms with Crippen molar-refractivity contribution in [2.24, 2.45) is 16.7 Å². The summed E-state index contributed by atoms with van der Waals surface area (Å²) in [7, 11) is 0. The van der Waals surface area contributed by atoms with Crippen LogP contribution in [0.5, 0.6) is 0 Å². The minimum atomic E-state index is -0.338. The number of carbonyl (C=O) groups is 2. The van der Waals surface area contributed by atoms with E-state index in [4.69, 9.17) is 0 Å². The smallest absolute Gasteiger partial charge is 0.205 e. The standard InChI is InChI=1S/C11H16O2/c1-7-6-10(2)4-5-11(7,3)9(13)8(10)12/h7H,4-6H2,1-3H3. The van der Waals surface area contributed by atoms with Gasteiger partial charge in [-0.05, 0) is 25.2 Å². The molecule has 0 N–H and O–H groups in total. The first-order chi connectivity index (χ1) is 5.90. The number of carbonyl (C=O) groups excluding carboxylic acids is 2. The third-order valence-electron chi connectivity index (χ3n) is 4.31. The number of rotatable bonds is 0. The molecule has 3 fully saturated rings. The molecule has 2 bridgehead atoms. The molecular weight excluding hydrogens is 164 g/mol. The molecule has 2 nitrogen and oxygen atoms in total. The van der Waals surface area contributed by atoms with Gasteiger partial charge in [0.25, 0.3) is 0 Å². The molecule has 3 atom stereocenters. The number of hydrogen-bond donors (Lipinski definition) is 0. The summed E-state index contributed by atoms with van der Waals surface area (Å²) in [6.07, 6.45) is 2.70. The van der Waals surface area contributed by atoms with Crippen LogP contribution >= 0.6 is 0 Å². The van der Waals surface area contributed by atoms with E-state index in [-0.39, 0.29) is 22.4 Å². The van der Waals surface area contributed by atoms with Crippen LogP contribution in [0.1, 0.15) is 40.0 Å². The maximum absolute atomic E-state index is 11.8. The average molecular weight is 180 g/mol. The lowest BCUT2D eigenvalue weighted by Crippen LogP contribution is -2.57. The largest absolute Gasteiger partial charge is 0.290 e. The Morgan fingerprint density at radius 3 is 2.31 bits per heavy atom. The zero-order valence-electron chi connectivity index (χ0n) is 8.52. The Kier molecular flexibility index (Phi) is 1.53. The molecule has 3 rings (SSSR count). The van der Waals surface area contributed by atoms with Gasteiger partial charge < -0.3 is 0 Å². The van der Waals surface area contributed by atoms with Gasteiger partial charge in [0.05, 0.1) is 0 Å². The first kappa shape index (κ1) is 8.92. The number of fused-ring (bicyclic) bond motifs is 3. The van der Waals surface area contributed by atoms with Gasteiger partial charge in [-0.25, -0.2) is 0 Å². The predicted octanol–water partition coefficient (Wildman–Crippen LogP) is 1.97.